The number of nitrogens with zero attached hydrogens (tertiary/aromatic N) is 1. The maximum atomic E-state index is 13.2. The van der Waals surface area contributed by atoms with E-state index in [1.807, 2.05) is 0 Å². The van der Waals surface area contributed by atoms with Crippen LogP contribution in [0.5, 0.6) is 0 Å². The van der Waals surface area contributed by atoms with Gasteiger partial charge in [-0.25, -0.2) is 9.37 Å². The molecule has 2 heterocycles. The van der Waals surface area contributed by atoms with Crippen LogP contribution in [-0.2, 0) is 20.7 Å². The molecule has 1 aliphatic carbocycles. The van der Waals surface area contributed by atoms with Crippen LogP contribution in [0.1, 0.15) is 42.3 Å². The fourth-order valence-corrected chi connectivity index (χ4v) is 4.99. The summed E-state index contributed by atoms with van der Waals surface area (Å²) in [5, 5.41) is 4.07. The Bertz CT molecular complexity index is 815. The quantitative estimate of drug-likeness (QED) is 0.866. The first-order valence-electron chi connectivity index (χ1n) is 9.31. The molecule has 1 aromatic carbocycles. The highest BCUT2D eigenvalue weighted by molar-refractivity contribution is 7.15. The van der Waals surface area contributed by atoms with Crippen molar-refractivity contribution in [3.05, 3.63) is 40.7 Å². The summed E-state index contributed by atoms with van der Waals surface area (Å²) in [6.07, 6.45) is 3.91. The number of thiazole rings is 1. The van der Waals surface area contributed by atoms with Crippen LogP contribution in [0.4, 0.5) is 4.39 Å². The van der Waals surface area contributed by atoms with Gasteiger partial charge in [-0.3, -0.25) is 4.79 Å². The van der Waals surface area contributed by atoms with E-state index in [0.717, 1.165) is 40.4 Å². The number of hydrogen-bond acceptors (Lipinski definition) is 5. The van der Waals surface area contributed by atoms with Gasteiger partial charge in [-0.05, 0) is 43.5 Å². The Labute approximate surface area is 161 Å². The van der Waals surface area contributed by atoms with Crippen molar-refractivity contribution >= 4 is 17.2 Å². The van der Waals surface area contributed by atoms with E-state index in [9.17, 15) is 9.18 Å². The summed E-state index contributed by atoms with van der Waals surface area (Å²) in [7, 11) is 1.59. The van der Waals surface area contributed by atoms with Gasteiger partial charge in [-0.15, -0.1) is 11.3 Å². The fourth-order valence-electron chi connectivity index (χ4n) is 3.79. The number of aryl methyl sites for hydroxylation is 1. The molecule has 1 saturated heterocycles. The number of carbonyl (C=O) groups excluding carboxylic acids is 1. The lowest BCUT2D eigenvalue weighted by molar-refractivity contribution is -0.155. The van der Waals surface area contributed by atoms with Crippen molar-refractivity contribution in [1.82, 2.24) is 10.3 Å². The van der Waals surface area contributed by atoms with Gasteiger partial charge >= 0.3 is 0 Å². The first kappa shape index (κ1) is 18.5. The van der Waals surface area contributed by atoms with E-state index in [0.29, 0.717) is 26.1 Å². The lowest BCUT2D eigenvalue weighted by Crippen LogP contribution is -2.52. The van der Waals surface area contributed by atoms with Crippen LogP contribution >= 0.6 is 11.3 Å². The summed E-state index contributed by atoms with van der Waals surface area (Å²) in [4.78, 5) is 18.8. The van der Waals surface area contributed by atoms with Crippen LogP contribution in [0.25, 0.3) is 10.6 Å². The second kappa shape index (κ2) is 7.66. The molecule has 1 aliphatic heterocycles. The van der Waals surface area contributed by atoms with Crippen molar-refractivity contribution in [2.45, 2.75) is 43.7 Å². The SMILES string of the molecule is COC1(C(=O)NC2CCCc3nc(-c4ccc(F)cc4)sc32)CCOCC1. The fraction of sp³-hybridized carbons (Fsp3) is 0.500. The first-order chi connectivity index (χ1) is 13.1. The van der Waals surface area contributed by atoms with E-state index < -0.39 is 5.60 Å². The van der Waals surface area contributed by atoms with Crippen molar-refractivity contribution in [2.24, 2.45) is 0 Å². The molecule has 0 bridgehead atoms. The average Bonchev–Trinajstić information content (AvgIpc) is 3.14. The summed E-state index contributed by atoms with van der Waals surface area (Å²) in [5.41, 5.74) is 1.13. The van der Waals surface area contributed by atoms with Crippen LogP contribution in [-0.4, -0.2) is 36.8 Å². The maximum absolute atomic E-state index is 13.2. The van der Waals surface area contributed by atoms with Gasteiger partial charge in [-0.2, -0.15) is 0 Å². The Balaban J connectivity index is 1.56. The predicted molar refractivity (Wildman–Crippen MR) is 101 cm³/mol. The van der Waals surface area contributed by atoms with Crippen LogP contribution in [0, 0.1) is 5.82 Å². The summed E-state index contributed by atoms with van der Waals surface area (Å²) in [5.74, 6) is -0.325. The molecule has 144 valence electrons. The van der Waals surface area contributed by atoms with Crippen LogP contribution in [0.2, 0.25) is 0 Å². The zero-order valence-electron chi connectivity index (χ0n) is 15.3. The summed E-state index contributed by atoms with van der Waals surface area (Å²) in [6.45, 7) is 1.07. The predicted octanol–water partition coefficient (Wildman–Crippen LogP) is 3.64. The van der Waals surface area contributed by atoms with Crippen molar-refractivity contribution in [2.75, 3.05) is 20.3 Å². The molecular formula is C20H23FN2O3S. The van der Waals surface area contributed by atoms with E-state index in [1.165, 1.54) is 12.1 Å². The van der Waals surface area contributed by atoms with Crippen molar-refractivity contribution in [3.63, 3.8) is 0 Å². The molecule has 5 nitrogen and oxygen atoms in total. The molecule has 0 radical (unpaired) electrons. The Hall–Kier alpha value is -1.83. The number of rotatable bonds is 4. The highest BCUT2D eigenvalue weighted by Crippen LogP contribution is 2.38. The van der Waals surface area contributed by atoms with Gasteiger partial charge in [0, 0.05) is 38.7 Å². The van der Waals surface area contributed by atoms with Crippen molar-refractivity contribution < 1.29 is 18.7 Å². The molecule has 2 aliphatic rings. The van der Waals surface area contributed by atoms with Gasteiger partial charge in [0.25, 0.3) is 5.91 Å². The van der Waals surface area contributed by atoms with Crippen molar-refractivity contribution in [3.8, 4) is 10.6 Å². The number of amides is 1. The highest BCUT2D eigenvalue weighted by atomic mass is 32.1. The Morgan fingerprint density at radius 3 is 2.78 bits per heavy atom. The highest BCUT2D eigenvalue weighted by Gasteiger charge is 2.41. The standard InChI is InChI=1S/C20H23FN2O3S/c1-25-20(9-11-26-12-10-20)19(24)23-16-4-2-3-15-17(16)27-18(22-15)13-5-7-14(21)8-6-13/h5-8,16H,2-4,9-12H2,1H3,(H,23,24). The lowest BCUT2D eigenvalue weighted by atomic mass is 9.91. The Morgan fingerprint density at radius 1 is 1.33 bits per heavy atom. The van der Waals surface area contributed by atoms with Crippen molar-refractivity contribution in [1.29, 1.82) is 0 Å². The number of ether oxygens (including phenoxy) is 2. The number of benzene rings is 1. The topological polar surface area (TPSA) is 60.5 Å². The molecule has 0 saturated carbocycles. The maximum Gasteiger partial charge on any atom is 0.252 e. The molecule has 4 rings (SSSR count). The largest absolute Gasteiger partial charge is 0.381 e. The third-order valence-corrected chi connectivity index (χ3v) is 6.71. The van der Waals surface area contributed by atoms with Gasteiger partial charge in [0.1, 0.15) is 10.8 Å². The normalized spacial score (nSPS) is 21.5. The number of methoxy groups -OCH3 is 1. The Kier molecular flexibility index (Phi) is 5.25. The van der Waals surface area contributed by atoms with E-state index in [-0.39, 0.29) is 17.8 Å². The average molecular weight is 390 g/mol. The molecule has 1 fully saturated rings. The zero-order chi connectivity index (χ0) is 18.9. The smallest absolute Gasteiger partial charge is 0.252 e. The summed E-state index contributed by atoms with van der Waals surface area (Å²) < 4.78 is 24.2. The minimum Gasteiger partial charge on any atom is -0.381 e. The lowest BCUT2D eigenvalue weighted by Gasteiger charge is -2.36. The van der Waals surface area contributed by atoms with Gasteiger partial charge in [-0.1, -0.05) is 0 Å². The minimum absolute atomic E-state index is 0.0529. The molecule has 0 spiro atoms. The van der Waals surface area contributed by atoms with E-state index in [1.54, 1.807) is 30.6 Å². The van der Waals surface area contributed by atoms with Gasteiger partial charge in [0.2, 0.25) is 0 Å². The number of nitrogens with one attached hydrogen (secondary N) is 1. The molecule has 1 unspecified atom stereocenters. The monoisotopic (exact) mass is 390 g/mol. The van der Waals surface area contributed by atoms with Gasteiger partial charge in [0.05, 0.1) is 16.6 Å². The number of carbonyl (C=O) groups is 1. The number of halogens is 1. The van der Waals surface area contributed by atoms with Crippen LogP contribution in [0.15, 0.2) is 24.3 Å². The first-order valence-corrected chi connectivity index (χ1v) is 10.1. The molecular weight excluding hydrogens is 367 g/mol. The molecule has 7 heteroatoms. The van der Waals surface area contributed by atoms with Gasteiger partial charge < -0.3 is 14.8 Å². The van der Waals surface area contributed by atoms with Gasteiger partial charge in [0.15, 0.2) is 5.60 Å². The van der Waals surface area contributed by atoms with E-state index in [4.69, 9.17) is 14.5 Å². The Morgan fingerprint density at radius 2 is 2.07 bits per heavy atom. The second-order valence-electron chi connectivity index (χ2n) is 7.07. The zero-order valence-corrected chi connectivity index (χ0v) is 16.1. The number of aromatic nitrogens is 1. The third kappa shape index (κ3) is 3.63. The molecule has 2 aromatic rings. The number of fused-ring (bicyclic) bond motifs is 1. The second-order valence-corrected chi connectivity index (χ2v) is 8.10. The third-order valence-electron chi connectivity index (χ3n) is 5.45. The van der Waals surface area contributed by atoms with E-state index >= 15 is 0 Å². The number of hydrogen-bond donors (Lipinski definition) is 1. The minimum atomic E-state index is -0.805. The molecule has 1 aromatic heterocycles. The molecule has 1 amide bonds. The van der Waals surface area contributed by atoms with Crippen LogP contribution < -0.4 is 5.32 Å². The summed E-state index contributed by atoms with van der Waals surface area (Å²) in [6, 6.07) is 6.33. The molecule has 27 heavy (non-hydrogen) atoms. The van der Waals surface area contributed by atoms with E-state index in [2.05, 4.69) is 5.32 Å². The molecule has 1 atom stereocenters. The summed E-state index contributed by atoms with van der Waals surface area (Å²) >= 11 is 1.58. The molecule has 1 N–H and O–H groups in total. The van der Waals surface area contributed by atoms with Crippen LogP contribution in [0.3, 0.4) is 0 Å².